The summed E-state index contributed by atoms with van der Waals surface area (Å²) in [5.41, 5.74) is 0.678. The Labute approximate surface area is 173 Å². The van der Waals surface area contributed by atoms with Gasteiger partial charge in [-0.25, -0.2) is 8.42 Å². The number of carbonyl (C=O) groups excluding carboxylic acids is 1. The number of hydrogen-bond acceptors (Lipinski definition) is 5. The summed E-state index contributed by atoms with van der Waals surface area (Å²) in [5, 5.41) is 3.56. The van der Waals surface area contributed by atoms with E-state index < -0.39 is 15.9 Å². The van der Waals surface area contributed by atoms with Crippen molar-refractivity contribution in [3.8, 4) is 11.5 Å². The smallest absolute Gasteiger partial charge is 0.243 e. The van der Waals surface area contributed by atoms with Crippen molar-refractivity contribution in [3.05, 3.63) is 52.0 Å². The number of nitrogens with one attached hydrogen (secondary N) is 1. The van der Waals surface area contributed by atoms with E-state index in [1.54, 1.807) is 18.2 Å². The Morgan fingerprint density at radius 3 is 2.54 bits per heavy atom. The highest BCUT2D eigenvalue weighted by Gasteiger charge is 2.25. The fourth-order valence-electron chi connectivity index (χ4n) is 2.57. The van der Waals surface area contributed by atoms with Crippen molar-refractivity contribution in [2.24, 2.45) is 0 Å². The van der Waals surface area contributed by atoms with Crippen molar-refractivity contribution in [2.75, 3.05) is 26.8 Å². The molecule has 1 heterocycles. The normalized spacial score (nSPS) is 13.4. The molecule has 1 N–H and O–H groups in total. The van der Waals surface area contributed by atoms with Crippen LogP contribution in [0.15, 0.2) is 41.3 Å². The van der Waals surface area contributed by atoms with Gasteiger partial charge in [-0.05, 0) is 29.8 Å². The van der Waals surface area contributed by atoms with Gasteiger partial charge >= 0.3 is 0 Å². The minimum atomic E-state index is -3.87. The van der Waals surface area contributed by atoms with Gasteiger partial charge in [0.25, 0.3) is 0 Å². The second-order valence-corrected chi connectivity index (χ2v) is 8.97. The highest BCUT2D eigenvalue weighted by Crippen LogP contribution is 2.32. The molecular weight excluding hydrogens is 427 g/mol. The van der Waals surface area contributed by atoms with Crippen LogP contribution < -0.4 is 14.8 Å². The van der Waals surface area contributed by atoms with Crippen molar-refractivity contribution in [2.45, 2.75) is 11.4 Å². The highest BCUT2D eigenvalue weighted by molar-refractivity contribution is 7.89. The van der Waals surface area contributed by atoms with Gasteiger partial charge in [-0.3, -0.25) is 4.79 Å². The molecule has 1 aliphatic heterocycles. The fourth-order valence-corrected chi connectivity index (χ4v) is 4.18. The van der Waals surface area contributed by atoms with Crippen molar-refractivity contribution in [3.63, 3.8) is 0 Å². The molecule has 0 aromatic heterocycles. The van der Waals surface area contributed by atoms with Crippen molar-refractivity contribution in [1.82, 2.24) is 9.62 Å². The number of likely N-dealkylation sites (N-methyl/N-ethyl adjacent to an activating group) is 1. The van der Waals surface area contributed by atoms with Gasteiger partial charge in [-0.1, -0.05) is 29.3 Å². The number of sulfonamides is 1. The van der Waals surface area contributed by atoms with Crippen LogP contribution in [0, 0.1) is 0 Å². The van der Waals surface area contributed by atoms with Crippen LogP contribution in [0.2, 0.25) is 10.0 Å². The van der Waals surface area contributed by atoms with E-state index in [4.69, 9.17) is 32.7 Å². The number of benzene rings is 2. The van der Waals surface area contributed by atoms with Gasteiger partial charge in [-0.15, -0.1) is 0 Å². The molecular formula is C18H18Cl2N2O5S. The van der Waals surface area contributed by atoms with Crippen LogP contribution in [0.4, 0.5) is 0 Å². The Bertz CT molecular complexity index is 997. The summed E-state index contributed by atoms with van der Waals surface area (Å²) in [4.78, 5) is 12.2. The lowest BCUT2D eigenvalue weighted by atomic mass is 10.2. The molecule has 3 rings (SSSR count). The van der Waals surface area contributed by atoms with E-state index >= 15 is 0 Å². The lowest BCUT2D eigenvalue weighted by Crippen LogP contribution is -2.38. The molecule has 0 saturated carbocycles. The largest absolute Gasteiger partial charge is 0.486 e. The minimum absolute atomic E-state index is 0.0211. The van der Waals surface area contributed by atoms with E-state index in [0.717, 1.165) is 4.31 Å². The number of nitrogens with zero attached hydrogens (tertiary/aromatic N) is 1. The first-order valence-electron chi connectivity index (χ1n) is 8.34. The Balaban J connectivity index is 1.64. The van der Waals surface area contributed by atoms with Gasteiger partial charge in [0.15, 0.2) is 11.5 Å². The SMILES string of the molecule is CN(CC(=O)NCc1ccc(Cl)cc1Cl)S(=O)(=O)c1ccc2c(c1)OCCO2. The first-order chi connectivity index (χ1) is 13.3. The number of hydrogen-bond donors (Lipinski definition) is 1. The lowest BCUT2D eigenvalue weighted by Gasteiger charge is -2.21. The third-order valence-corrected chi connectivity index (χ3v) is 6.47. The molecule has 0 bridgehead atoms. The third kappa shape index (κ3) is 4.70. The Kier molecular flexibility index (Phi) is 6.34. The molecule has 0 unspecified atom stereocenters. The number of fused-ring (bicyclic) bond motifs is 1. The second kappa shape index (κ2) is 8.57. The fraction of sp³-hybridized carbons (Fsp3) is 0.278. The molecule has 2 aromatic rings. The summed E-state index contributed by atoms with van der Waals surface area (Å²) < 4.78 is 37.2. The summed E-state index contributed by atoms with van der Waals surface area (Å²) in [6.07, 6.45) is 0. The molecule has 1 amide bonds. The van der Waals surface area contributed by atoms with Crippen molar-refractivity contribution in [1.29, 1.82) is 0 Å². The quantitative estimate of drug-likeness (QED) is 0.739. The van der Waals surface area contributed by atoms with E-state index in [1.165, 1.54) is 25.2 Å². The van der Waals surface area contributed by atoms with E-state index in [2.05, 4.69) is 5.32 Å². The number of amides is 1. The third-order valence-electron chi connectivity index (χ3n) is 4.08. The molecule has 10 heteroatoms. The Hall–Kier alpha value is -2.00. The van der Waals surface area contributed by atoms with E-state index in [-0.39, 0.29) is 18.0 Å². The molecule has 0 saturated heterocycles. The molecule has 2 aromatic carbocycles. The van der Waals surface area contributed by atoms with Crippen LogP contribution in [-0.2, 0) is 21.4 Å². The molecule has 0 aliphatic carbocycles. The average Bonchev–Trinajstić information content (AvgIpc) is 2.66. The van der Waals surface area contributed by atoms with Gasteiger partial charge < -0.3 is 14.8 Å². The Morgan fingerprint density at radius 2 is 1.82 bits per heavy atom. The van der Waals surface area contributed by atoms with E-state index in [1.807, 2.05) is 0 Å². The van der Waals surface area contributed by atoms with E-state index in [0.29, 0.717) is 40.3 Å². The standard InChI is InChI=1S/C18H18Cl2N2O5S/c1-22(11-18(23)21-10-12-2-3-13(19)8-15(12)20)28(24,25)14-4-5-16-17(9-14)27-7-6-26-16/h2-5,8-9H,6-7,10-11H2,1H3,(H,21,23). The van der Waals surface area contributed by atoms with Crippen molar-refractivity contribution < 1.29 is 22.7 Å². The first-order valence-corrected chi connectivity index (χ1v) is 10.5. The summed E-state index contributed by atoms with van der Waals surface area (Å²) in [5.74, 6) is 0.391. The lowest BCUT2D eigenvalue weighted by molar-refractivity contribution is -0.121. The number of halogens is 2. The van der Waals surface area contributed by atoms with Crippen LogP contribution in [0.25, 0.3) is 0 Å². The zero-order chi connectivity index (χ0) is 20.3. The average molecular weight is 445 g/mol. The predicted molar refractivity (Wildman–Crippen MR) is 106 cm³/mol. The molecule has 0 fully saturated rings. The van der Waals surface area contributed by atoms with E-state index in [9.17, 15) is 13.2 Å². The molecule has 7 nitrogen and oxygen atoms in total. The minimum Gasteiger partial charge on any atom is -0.486 e. The molecule has 0 spiro atoms. The zero-order valence-electron chi connectivity index (χ0n) is 14.9. The topological polar surface area (TPSA) is 84.9 Å². The molecule has 150 valence electrons. The molecule has 1 aliphatic rings. The maximum absolute atomic E-state index is 12.7. The van der Waals surface area contributed by atoms with Crippen LogP contribution in [0.5, 0.6) is 11.5 Å². The summed E-state index contributed by atoms with van der Waals surface area (Å²) in [6, 6.07) is 9.28. The van der Waals surface area contributed by atoms with Gasteiger partial charge in [0.05, 0.1) is 11.4 Å². The summed E-state index contributed by atoms with van der Waals surface area (Å²) in [6.45, 7) is 0.577. The second-order valence-electron chi connectivity index (χ2n) is 6.08. The van der Waals surface area contributed by atoms with Gasteiger partial charge in [-0.2, -0.15) is 4.31 Å². The van der Waals surface area contributed by atoms with Crippen LogP contribution in [-0.4, -0.2) is 45.4 Å². The summed E-state index contributed by atoms with van der Waals surface area (Å²) >= 11 is 11.9. The predicted octanol–water partition coefficient (Wildman–Crippen LogP) is 2.70. The zero-order valence-corrected chi connectivity index (χ0v) is 17.3. The Morgan fingerprint density at radius 1 is 1.11 bits per heavy atom. The van der Waals surface area contributed by atoms with Gasteiger partial charge in [0.2, 0.25) is 15.9 Å². The van der Waals surface area contributed by atoms with Gasteiger partial charge in [0.1, 0.15) is 13.2 Å². The maximum Gasteiger partial charge on any atom is 0.243 e. The van der Waals surface area contributed by atoms with Crippen molar-refractivity contribution >= 4 is 39.1 Å². The number of ether oxygens (including phenoxy) is 2. The monoisotopic (exact) mass is 444 g/mol. The number of carbonyl (C=O) groups is 1. The summed E-state index contributed by atoms with van der Waals surface area (Å²) in [7, 11) is -2.54. The maximum atomic E-state index is 12.7. The highest BCUT2D eigenvalue weighted by atomic mass is 35.5. The number of rotatable bonds is 6. The van der Waals surface area contributed by atoms with Crippen LogP contribution in [0.3, 0.4) is 0 Å². The molecule has 28 heavy (non-hydrogen) atoms. The molecule has 0 radical (unpaired) electrons. The van der Waals surface area contributed by atoms with Gasteiger partial charge in [0, 0.05) is 29.7 Å². The first kappa shape index (κ1) is 20.7. The van der Waals surface area contributed by atoms with Crippen LogP contribution in [0.1, 0.15) is 5.56 Å². The molecule has 0 atom stereocenters. The van der Waals surface area contributed by atoms with Crippen LogP contribution >= 0.6 is 23.2 Å².